The summed E-state index contributed by atoms with van der Waals surface area (Å²) >= 11 is 0. The number of halogens is 2. The third-order valence-corrected chi connectivity index (χ3v) is 2.58. The lowest BCUT2D eigenvalue weighted by atomic mass is 10.1. The minimum Gasteiger partial charge on any atom is -0.390 e. The fourth-order valence-electron chi connectivity index (χ4n) is 1.37. The minimum atomic E-state index is -3.31. The second-order valence-corrected chi connectivity index (χ2v) is 4.08. The maximum Gasteiger partial charge on any atom is 0.292 e. The van der Waals surface area contributed by atoms with E-state index in [4.69, 9.17) is 5.11 Å². The number of aliphatic hydroxyl groups excluding tert-OH is 1. The average molecular weight is 260 g/mol. The first-order chi connectivity index (χ1) is 8.26. The highest BCUT2D eigenvalue weighted by molar-refractivity contribution is 5.64. The highest BCUT2D eigenvalue weighted by Gasteiger charge is 2.28. The number of anilines is 1. The van der Waals surface area contributed by atoms with E-state index in [1.807, 2.05) is 0 Å². The Kier molecular flexibility index (Phi) is 4.18. The molecule has 5 nitrogen and oxygen atoms in total. The number of aliphatic hydroxyl groups is 1. The fourth-order valence-corrected chi connectivity index (χ4v) is 1.37. The van der Waals surface area contributed by atoms with E-state index in [1.54, 1.807) is 13.8 Å². The van der Waals surface area contributed by atoms with E-state index in [2.05, 4.69) is 5.32 Å². The zero-order valence-corrected chi connectivity index (χ0v) is 10.0. The molecule has 1 rings (SSSR count). The molecule has 0 saturated heterocycles. The van der Waals surface area contributed by atoms with Crippen LogP contribution in [0.4, 0.5) is 20.2 Å². The van der Waals surface area contributed by atoms with E-state index in [9.17, 15) is 18.9 Å². The van der Waals surface area contributed by atoms with Crippen LogP contribution in [-0.4, -0.2) is 29.1 Å². The topological polar surface area (TPSA) is 75.4 Å². The standard InChI is InChI=1S/C11H14F2N2O3/c1-7-3-9(14-5-11(12,13)6-16)10(15(17)18)4-8(7)2/h3-4,14,16H,5-6H2,1-2H3. The van der Waals surface area contributed by atoms with Crippen molar-refractivity contribution in [2.45, 2.75) is 19.8 Å². The van der Waals surface area contributed by atoms with Gasteiger partial charge in [0.05, 0.1) is 11.5 Å². The highest BCUT2D eigenvalue weighted by atomic mass is 19.3. The van der Waals surface area contributed by atoms with Gasteiger partial charge in [-0.1, -0.05) is 0 Å². The molecular weight excluding hydrogens is 246 g/mol. The van der Waals surface area contributed by atoms with E-state index in [0.29, 0.717) is 5.56 Å². The van der Waals surface area contributed by atoms with Crippen LogP contribution in [0.5, 0.6) is 0 Å². The van der Waals surface area contributed by atoms with Crippen molar-refractivity contribution in [3.63, 3.8) is 0 Å². The number of nitrogens with zero attached hydrogens (tertiary/aromatic N) is 1. The number of rotatable bonds is 5. The number of alkyl halides is 2. The third kappa shape index (κ3) is 3.36. The van der Waals surface area contributed by atoms with Gasteiger partial charge in [0.2, 0.25) is 0 Å². The molecule has 1 aromatic carbocycles. The van der Waals surface area contributed by atoms with Crippen molar-refractivity contribution in [2.75, 3.05) is 18.5 Å². The zero-order chi connectivity index (χ0) is 13.9. The molecule has 100 valence electrons. The van der Waals surface area contributed by atoms with Crippen LogP contribution in [0.25, 0.3) is 0 Å². The number of aryl methyl sites for hydroxylation is 2. The van der Waals surface area contributed by atoms with Gasteiger partial charge in [-0.05, 0) is 31.0 Å². The van der Waals surface area contributed by atoms with Crippen LogP contribution in [0.15, 0.2) is 12.1 Å². The molecule has 0 spiro atoms. The monoisotopic (exact) mass is 260 g/mol. The first kappa shape index (κ1) is 14.3. The van der Waals surface area contributed by atoms with Crippen LogP contribution in [0, 0.1) is 24.0 Å². The van der Waals surface area contributed by atoms with Crippen LogP contribution in [0.2, 0.25) is 0 Å². The fraction of sp³-hybridized carbons (Fsp3) is 0.455. The van der Waals surface area contributed by atoms with Gasteiger partial charge in [0.1, 0.15) is 12.3 Å². The quantitative estimate of drug-likeness (QED) is 0.629. The molecule has 1 aromatic rings. The Hall–Kier alpha value is -1.76. The molecule has 0 bridgehead atoms. The zero-order valence-electron chi connectivity index (χ0n) is 10.0. The summed E-state index contributed by atoms with van der Waals surface area (Å²) in [5.74, 6) is -3.31. The van der Waals surface area contributed by atoms with E-state index < -0.39 is 24.0 Å². The normalized spacial score (nSPS) is 11.4. The first-order valence-electron chi connectivity index (χ1n) is 5.25. The number of nitro groups is 1. The van der Waals surface area contributed by atoms with Gasteiger partial charge < -0.3 is 10.4 Å². The number of nitro benzene ring substituents is 1. The van der Waals surface area contributed by atoms with Gasteiger partial charge >= 0.3 is 0 Å². The number of hydrogen-bond acceptors (Lipinski definition) is 4. The molecule has 0 fully saturated rings. The Morgan fingerprint density at radius 2 is 1.94 bits per heavy atom. The second kappa shape index (κ2) is 5.26. The summed E-state index contributed by atoms with van der Waals surface area (Å²) in [5.41, 5.74) is 1.24. The summed E-state index contributed by atoms with van der Waals surface area (Å²) in [6.07, 6.45) is 0. The SMILES string of the molecule is Cc1cc(NCC(F)(F)CO)c([N+](=O)[O-])cc1C. The Balaban J connectivity index is 3.01. The Bertz CT molecular complexity index is 464. The van der Waals surface area contributed by atoms with E-state index >= 15 is 0 Å². The molecule has 7 heteroatoms. The van der Waals surface area contributed by atoms with Gasteiger partial charge in [0, 0.05) is 6.07 Å². The van der Waals surface area contributed by atoms with Crippen molar-refractivity contribution in [2.24, 2.45) is 0 Å². The predicted octanol–water partition coefficient (Wildman–Crippen LogP) is 2.25. The van der Waals surface area contributed by atoms with Crippen molar-refractivity contribution in [3.8, 4) is 0 Å². The molecule has 0 saturated carbocycles. The first-order valence-corrected chi connectivity index (χ1v) is 5.25. The molecule has 0 unspecified atom stereocenters. The van der Waals surface area contributed by atoms with Gasteiger partial charge in [-0.25, -0.2) is 8.78 Å². The van der Waals surface area contributed by atoms with Crippen molar-refractivity contribution in [1.29, 1.82) is 0 Å². The van der Waals surface area contributed by atoms with Crippen molar-refractivity contribution >= 4 is 11.4 Å². The van der Waals surface area contributed by atoms with Crippen LogP contribution in [0.3, 0.4) is 0 Å². The van der Waals surface area contributed by atoms with Gasteiger partial charge in [0.25, 0.3) is 11.6 Å². The molecule has 0 aliphatic heterocycles. The highest BCUT2D eigenvalue weighted by Crippen LogP contribution is 2.28. The molecule has 0 amide bonds. The van der Waals surface area contributed by atoms with Crippen LogP contribution < -0.4 is 5.32 Å². The van der Waals surface area contributed by atoms with Crippen LogP contribution in [-0.2, 0) is 0 Å². The Morgan fingerprint density at radius 3 is 2.44 bits per heavy atom. The Morgan fingerprint density at radius 1 is 1.39 bits per heavy atom. The molecule has 2 N–H and O–H groups in total. The van der Waals surface area contributed by atoms with E-state index in [1.165, 1.54) is 12.1 Å². The molecule has 0 heterocycles. The molecular formula is C11H14F2N2O3. The lowest BCUT2D eigenvalue weighted by Gasteiger charge is -2.15. The maximum absolute atomic E-state index is 12.9. The predicted molar refractivity (Wildman–Crippen MR) is 63.1 cm³/mol. The third-order valence-electron chi connectivity index (χ3n) is 2.58. The smallest absolute Gasteiger partial charge is 0.292 e. The van der Waals surface area contributed by atoms with Gasteiger partial charge in [0.15, 0.2) is 0 Å². The van der Waals surface area contributed by atoms with E-state index in [0.717, 1.165) is 5.56 Å². The van der Waals surface area contributed by atoms with Crippen molar-refractivity contribution in [1.82, 2.24) is 0 Å². The summed E-state index contributed by atoms with van der Waals surface area (Å²) in [5, 5.41) is 21.5. The van der Waals surface area contributed by atoms with Gasteiger partial charge in [-0.2, -0.15) is 0 Å². The average Bonchev–Trinajstić information content (AvgIpc) is 2.30. The summed E-state index contributed by atoms with van der Waals surface area (Å²) in [4.78, 5) is 10.2. The summed E-state index contributed by atoms with van der Waals surface area (Å²) in [6.45, 7) is 1.27. The lowest BCUT2D eigenvalue weighted by Crippen LogP contribution is -2.31. The molecule has 0 aliphatic carbocycles. The number of nitrogens with one attached hydrogen (secondary N) is 1. The molecule has 0 aliphatic rings. The van der Waals surface area contributed by atoms with E-state index in [-0.39, 0.29) is 11.4 Å². The van der Waals surface area contributed by atoms with Crippen LogP contribution in [0.1, 0.15) is 11.1 Å². The molecule has 0 aromatic heterocycles. The maximum atomic E-state index is 12.9. The lowest BCUT2D eigenvalue weighted by molar-refractivity contribution is -0.384. The number of hydrogen-bond donors (Lipinski definition) is 2. The summed E-state index contributed by atoms with van der Waals surface area (Å²) in [7, 11) is 0. The second-order valence-electron chi connectivity index (χ2n) is 4.08. The Labute approximate surface area is 103 Å². The van der Waals surface area contributed by atoms with Gasteiger partial charge in [-0.3, -0.25) is 10.1 Å². The largest absolute Gasteiger partial charge is 0.390 e. The molecule has 0 radical (unpaired) electrons. The van der Waals surface area contributed by atoms with Crippen molar-refractivity contribution < 1.29 is 18.8 Å². The molecule has 0 atom stereocenters. The minimum absolute atomic E-state index is 0.0243. The van der Waals surface area contributed by atoms with Crippen LogP contribution >= 0.6 is 0 Å². The number of benzene rings is 1. The summed E-state index contributed by atoms with van der Waals surface area (Å²) in [6, 6.07) is 2.77. The molecule has 18 heavy (non-hydrogen) atoms. The summed E-state index contributed by atoms with van der Waals surface area (Å²) < 4.78 is 25.7. The van der Waals surface area contributed by atoms with Gasteiger partial charge in [-0.15, -0.1) is 0 Å². The van der Waals surface area contributed by atoms with Crippen molar-refractivity contribution in [3.05, 3.63) is 33.4 Å².